The first-order chi connectivity index (χ1) is 16.3. The number of imidazole rings is 1. The molecule has 1 atom stereocenters. The van der Waals surface area contributed by atoms with Crippen LogP contribution in [0.1, 0.15) is 39.6 Å². The molecule has 4 aromatic rings. The number of nitrogens with zero attached hydrogens (tertiary/aromatic N) is 2. The third-order valence-corrected chi connectivity index (χ3v) is 5.56. The van der Waals surface area contributed by atoms with E-state index in [2.05, 4.69) is 4.98 Å². The average Bonchev–Trinajstić information content (AvgIpc) is 3.17. The van der Waals surface area contributed by atoms with E-state index in [1.54, 1.807) is 19.2 Å². The summed E-state index contributed by atoms with van der Waals surface area (Å²) in [7, 11) is 0. The van der Waals surface area contributed by atoms with Gasteiger partial charge in [0.25, 0.3) is 0 Å². The minimum Gasteiger partial charge on any atom is -0.485 e. The summed E-state index contributed by atoms with van der Waals surface area (Å²) < 4.78 is 61.6. The highest BCUT2D eigenvalue weighted by Crippen LogP contribution is 2.27. The number of pyridine rings is 1. The number of aliphatic hydroxyl groups is 1. The lowest BCUT2D eigenvalue weighted by atomic mass is 9.93. The third kappa shape index (κ3) is 4.51. The second-order valence-corrected chi connectivity index (χ2v) is 7.78. The van der Waals surface area contributed by atoms with Crippen LogP contribution in [0.2, 0.25) is 0 Å². The van der Waals surface area contributed by atoms with Gasteiger partial charge in [-0.25, -0.2) is 22.5 Å². The second-order valence-electron chi connectivity index (χ2n) is 7.78. The Kier molecular flexibility index (Phi) is 6.65. The van der Waals surface area contributed by atoms with E-state index in [1.165, 1.54) is 34.7 Å². The van der Waals surface area contributed by atoms with Gasteiger partial charge in [0.2, 0.25) is 0 Å². The van der Waals surface area contributed by atoms with Crippen molar-refractivity contribution in [1.82, 2.24) is 9.38 Å². The zero-order valence-electron chi connectivity index (χ0n) is 18.1. The lowest BCUT2D eigenvalue weighted by Crippen LogP contribution is -2.14. The number of carbonyl (C=O) groups is 1. The van der Waals surface area contributed by atoms with Gasteiger partial charge in [0.05, 0.1) is 17.9 Å². The number of aryl methyl sites for hydroxylation is 1. The van der Waals surface area contributed by atoms with Crippen molar-refractivity contribution < 1.29 is 32.2 Å². The van der Waals surface area contributed by atoms with Crippen LogP contribution in [0.4, 0.5) is 17.6 Å². The van der Waals surface area contributed by atoms with E-state index in [4.69, 9.17) is 4.74 Å². The van der Waals surface area contributed by atoms with Crippen LogP contribution in [0.5, 0.6) is 5.75 Å². The predicted octanol–water partition coefficient (Wildman–Crippen LogP) is 5.13. The van der Waals surface area contributed by atoms with Crippen molar-refractivity contribution >= 4 is 11.4 Å². The highest BCUT2D eigenvalue weighted by Gasteiger charge is 2.23. The Morgan fingerprint density at radius 1 is 1.06 bits per heavy atom. The Labute approximate surface area is 192 Å². The van der Waals surface area contributed by atoms with Crippen molar-refractivity contribution in [3.63, 3.8) is 0 Å². The fourth-order valence-corrected chi connectivity index (χ4v) is 3.80. The van der Waals surface area contributed by atoms with Gasteiger partial charge < -0.3 is 9.84 Å². The van der Waals surface area contributed by atoms with Crippen LogP contribution in [0.25, 0.3) is 5.65 Å². The van der Waals surface area contributed by atoms with E-state index in [1.807, 2.05) is 0 Å². The Morgan fingerprint density at radius 3 is 2.47 bits per heavy atom. The number of hydrogen-bond donors (Lipinski definition) is 1. The van der Waals surface area contributed by atoms with Crippen molar-refractivity contribution in [2.45, 2.75) is 25.9 Å². The number of hydrogen-bond acceptors (Lipinski definition) is 4. The summed E-state index contributed by atoms with van der Waals surface area (Å²) >= 11 is 0. The van der Waals surface area contributed by atoms with E-state index >= 15 is 0 Å². The number of benzene rings is 2. The molecular formula is C25H20F4N2O3. The normalized spacial score (nSPS) is 12.2. The molecule has 0 saturated carbocycles. The maximum absolute atomic E-state index is 14.0. The molecule has 9 heteroatoms. The fraction of sp³-hybridized carbons (Fsp3) is 0.200. The van der Waals surface area contributed by atoms with E-state index in [9.17, 15) is 27.5 Å². The molecule has 0 saturated heterocycles. The molecule has 0 aliphatic rings. The smallest absolute Gasteiger partial charge is 0.182 e. The fourth-order valence-electron chi connectivity index (χ4n) is 3.80. The number of ketones is 1. The average molecular weight is 472 g/mol. The summed E-state index contributed by atoms with van der Waals surface area (Å²) in [6, 6.07) is 10.1. The Hall–Kier alpha value is -3.72. The second kappa shape index (κ2) is 9.64. The monoisotopic (exact) mass is 472 g/mol. The zero-order chi connectivity index (χ0) is 24.4. The number of halogens is 4. The highest BCUT2D eigenvalue weighted by atomic mass is 19.2. The minimum atomic E-state index is -1.34. The third-order valence-electron chi connectivity index (χ3n) is 5.56. The van der Waals surface area contributed by atoms with Gasteiger partial charge in [-0.2, -0.15) is 0 Å². The number of carbonyl (C=O) groups excluding carboxylic acids is 1. The zero-order valence-corrected chi connectivity index (χ0v) is 18.1. The molecule has 176 valence electrons. The van der Waals surface area contributed by atoms with Gasteiger partial charge >= 0.3 is 0 Å². The lowest BCUT2D eigenvalue weighted by molar-refractivity contribution is 0.0953. The lowest BCUT2D eigenvalue weighted by Gasteiger charge is -2.14. The highest BCUT2D eigenvalue weighted by molar-refractivity contribution is 5.97. The van der Waals surface area contributed by atoms with E-state index in [0.717, 1.165) is 6.07 Å². The maximum atomic E-state index is 14.0. The van der Waals surface area contributed by atoms with Gasteiger partial charge in [-0.05, 0) is 48.9 Å². The van der Waals surface area contributed by atoms with Crippen LogP contribution in [0.15, 0.2) is 54.7 Å². The number of fused-ring (bicyclic) bond motifs is 1. The van der Waals surface area contributed by atoms with Crippen LogP contribution in [0, 0.1) is 30.2 Å². The molecule has 4 rings (SSSR count). The molecule has 0 unspecified atom stereocenters. The van der Waals surface area contributed by atoms with Crippen LogP contribution in [0.3, 0.4) is 0 Å². The first kappa shape index (κ1) is 23.4. The molecule has 5 nitrogen and oxygen atoms in total. The molecule has 2 aromatic heterocycles. The summed E-state index contributed by atoms with van der Waals surface area (Å²) in [5.41, 5.74) is 0.936. The molecule has 0 amide bonds. The van der Waals surface area contributed by atoms with E-state index in [-0.39, 0.29) is 35.9 Å². The number of Topliss-reactive ketones (excluding diaryl/α,β-unsaturated/α-hetero) is 1. The topological polar surface area (TPSA) is 63.8 Å². The van der Waals surface area contributed by atoms with Gasteiger partial charge in [-0.3, -0.25) is 9.20 Å². The van der Waals surface area contributed by atoms with Crippen LogP contribution < -0.4 is 4.74 Å². The summed E-state index contributed by atoms with van der Waals surface area (Å²) in [6.45, 7) is 0.732. The molecule has 1 N–H and O–H groups in total. The van der Waals surface area contributed by atoms with E-state index in [0.29, 0.717) is 17.3 Å². The molecule has 0 fully saturated rings. The van der Waals surface area contributed by atoms with Gasteiger partial charge in [-0.1, -0.05) is 12.1 Å². The molecule has 0 aliphatic carbocycles. The van der Waals surface area contributed by atoms with Crippen molar-refractivity contribution in [2.75, 3.05) is 6.61 Å². The standard InChI is InChI=1S/C25H20F4N2O3/c1-14-24(21(33)11-16(12-32)15-4-6-17(26)7-5-15)31-10-2-3-22(25(31)30-14)34-13-18-19(27)8-9-20(28)23(18)29/h2-10,16,32H,11-13H2,1H3/t16-/m0/s1. The molecule has 0 bridgehead atoms. The SMILES string of the molecule is Cc1nc2c(OCc3c(F)ccc(F)c3F)cccn2c1C(=O)C[C@@H](CO)c1ccc(F)cc1. The maximum Gasteiger partial charge on any atom is 0.182 e. The quantitative estimate of drug-likeness (QED) is 0.220. The van der Waals surface area contributed by atoms with Crippen molar-refractivity contribution in [1.29, 1.82) is 0 Å². The summed E-state index contributed by atoms with van der Waals surface area (Å²) in [5, 5.41) is 9.79. The number of rotatable bonds is 8. The van der Waals surface area contributed by atoms with Crippen molar-refractivity contribution in [3.8, 4) is 5.75 Å². The summed E-state index contributed by atoms with van der Waals surface area (Å²) in [6.07, 6.45) is 1.53. The van der Waals surface area contributed by atoms with Crippen LogP contribution in [-0.4, -0.2) is 26.9 Å². The van der Waals surface area contributed by atoms with Crippen molar-refractivity contribution in [2.24, 2.45) is 0 Å². The first-order valence-corrected chi connectivity index (χ1v) is 10.4. The summed E-state index contributed by atoms with van der Waals surface area (Å²) in [4.78, 5) is 17.5. The van der Waals surface area contributed by atoms with Crippen molar-refractivity contribution in [3.05, 3.63) is 101 Å². The molecular weight excluding hydrogens is 452 g/mol. The largest absolute Gasteiger partial charge is 0.485 e. The molecule has 0 aliphatic heterocycles. The molecule has 0 radical (unpaired) electrons. The number of ether oxygens (including phenoxy) is 1. The molecule has 2 aromatic carbocycles. The Morgan fingerprint density at radius 2 is 1.76 bits per heavy atom. The van der Waals surface area contributed by atoms with Crippen LogP contribution in [-0.2, 0) is 6.61 Å². The number of aromatic nitrogens is 2. The summed E-state index contributed by atoms with van der Waals surface area (Å²) in [5.74, 6) is -4.61. The Balaban J connectivity index is 1.61. The Bertz CT molecular complexity index is 1350. The first-order valence-electron chi connectivity index (χ1n) is 10.4. The van der Waals surface area contributed by atoms with Gasteiger partial charge in [0.15, 0.2) is 28.8 Å². The molecule has 34 heavy (non-hydrogen) atoms. The minimum absolute atomic E-state index is 0.0540. The number of aliphatic hydroxyl groups excluding tert-OH is 1. The van der Waals surface area contributed by atoms with Gasteiger partial charge in [0.1, 0.15) is 23.9 Å². The molecule has 2 heterocycles. The van der Waals surface area contributed by atoms with Crippen LogP contribution >= 0.6 is 0 Å². The molecule has 0 spiro atoms. The van der Waals surface area contributed by atoms with E-state index < -0.39 is 41.4 Å². The van der Waals surface area contributed by atoms with Gasteiger partial charge in [0, 0.05) is 18.5 Å². The predicted molar refractivity (Wildman–Crippen MR) is 116 cm³/mol. The van der Waals surface area contributed by atoms with Gasteiger partial charge in [-0.15, -0.1) is 0 Å².